The van der Waals surface area contributed by atoms with Crippen LogP contribution < -0.4 is 4.90 Å². The quantitative estimate of drug-likeness (QED) is 0.827. The smallest absolute Gasteiger partial charge is 0.238 e. The number of hydrogen-bond acceptors (Lipinski definition) is 2. The highest BCUT2D eigenvalue weighted by Gasteiger charge is 2.33. The lowest BCUT2D eigenvalue weighted by molar-refractivity contribution is -0.115. The summed E-state index contributed by atoms with van der Waals surface area (Å²) in [6.07, 6.45) is 0. The van der Waals surface area contributed by atoms with Crippen LogP contribution in [0.3, 0.4) is 0 Å². The Morgan fingerprint density at radius 3 is 2.10 bits per heavy atom. The number of anilines is 1. The Balaban J connectivity index is 1.96. The summed E-state index contributed by atoms with van der Waals surface area (Å²) in [7, 11) is 0. The number of carbonyl (C=O) groups excluding carboxylic acids is 1. The zero-order valence-corrected chi connectivity index (χ0v) is 12.5. The van der Waals surface area contributed by atoms with Crippen LogP contribution in [-0.2, 0) is 4.79 Å². The first-order valence-corrected chi connectivity index (χ1v) is 7.77. The van der Waals surface area contributed by atoms with Crippen molar-refractivity contribution < 1.29 is 4.79 Å². The lowest BCUT2D eigenvalue weighted by Gasteiger charge is -2.24. The van der Waals surface area contributed by atoms with Crippen LogP contribution >= 0.6 is 11.8 Å². The van der Waals surface area contributed by atoms with Gasteiger partial charge in [0.05, 0.1) is 5.75 Å². The Labute approximate surface area is 123 Å². The van der Waals surface area contributed by atoms with Gasteiger partial charge >= 0.3 is 0 Å². The second kappa shape index (κ2) is 5.33. The second-order valence-corrected chi connectivity index (χ2v) is 6.24. The van der Waals surface area contributed by atoms with Gasteiger partial charge in [-0.25, -0.2) is 0 Å². The summed E-state index contributed by atoms with van der Waals surface area (Å²) < 4.78 is 0. The summed E-state index contributed by atoms with van der Waals surface area (Å²) in [5.74, 6) is 0.733. The SMILES string of the molecule is Cc1ccc(C2SCC(=O)N2c2ccc(C)cc2)cc1. The zero-order valence-electron chi connectivity index (χ0n) is 11.7. The maximum absolute atomic E-state index is 12.2. The molecule has 0 aromatic heterocycles. The molecule has 20 heavy (non-hydrogen) atoms. The number of carbonyl (C=O) groups is 1. The van der Waals surface area contributed by atoms with Crippen LogP contribution in [0.2, 0.25) is 0 Å². The Bertz CT molecular complexity index is 618. The van der Waals surface area contributed by atoms with Crippen molar-refractivity contribution in [3.63, 3.8) is 0 Å². The standard InChI is InChI=1S/C17H17NOS/c1-12-3-7-14(8-4-12)17-18(16(19)11-20-17)15-9-5-13(2)6-10-15/h3-10,17H,11H2,1-2H3. The molecule has 3 heteroatoms. The van der Waals surface area contributed by atoms with Crippen LogP contribution in [0.1, 0.15) is 22.1 Å². The topological polar surface area (TPSA) is 20.3 Å². The van der Waals surface area contributed by atoms with E-state index in [0.29, 0.717) is 5.75 Å². The lowest BCUT2D eigenvalue weighted by Crippen LogP contribution is -2.27. The van der Waals surface area contributed by atoms with Gasteiger partial charge in [0.2, 0.25) is 5.91 Å². The van der Waals surface area contributed by atoms with Gasteiger partial charge in [0.25, 0.3) is 0 Å². The second-order valence-electron chi connectivity index (χ2n) is 5.17. The molecule has 2 aromatic rings. The van der Waals surface area contributed by atoms with Gasteiger partial charge < -0.3 is 0 Å². The van der Waals surface area contributed by atoms with Gasteiger partial charge in [-0.05, 0) is 31.5 Å². The number of benzene rings is 2. The van der Waals surface area contributed by atoms with E-state index in [-0.39, 0.29) is 11.3 Å². The zero-order chi connectivity index (χ0) is 14.1. The van der Waals surface area contributed by atoms with E-state index in [1.54, 1.807) is 11.8 Å². The average Bonchev–Trinajstić information content (AvgIpc) is 2.83. The number of amides is 1. The van der Waals surface area contributed by atoms with Gasteiger partial charge in [-0.3, -0.25) is 9.69 Å². The van der Waals surface area contributed by atoms with Crippen molar-refractivity contribution in [1.29, 1.82) is 0 Å². The molecule has 102 valence electrons. The number of rotatable bonds is 2. The fourth-order valence-electron chi connectivity index (χ4n) is 2.39. The summed E-state index contributed by atoms with van der Waals surface area (Å²) in [6.45, 7) is 4.14. The summed E-state index contributed by atoms with van der Waals surface area (Å²) in [5, 5.41) is 0.0887. The third kappa shape index (κ3) is 2.46. The summed E-state index contributed by atoms with van der Waals surface area (Å²) in [4.78, 5) is 14.1. The summed E-state index contributed by atoms with van der Waals surface area (Å²) >= 11 is 1.69. The highest BCUT2D eigenvalue weighted by Crippen LogP contribution is 2.41. The third-order valence-corrected chi connectivity index (χ3v) is 4.75. The Kier molecular flexibility index (Phi) is 3.53. The van der Waals surface area contributed by atoms with Crippen molar-refractivity contribution in [2.24, 2.45) is 0 Å². The Hall–Kier alpha value is -1.74. The monoisotopic (exact) mass is 283 g/mol. The van der Waals surface area contributed by atoms with E-state index in [0.717, 1.165) is 5.69 Å². The Morgan fingerprint density at radius 2 is 1.50 bits per heavy atom. The van der Waals surface area contributed by atoms with Crippen molar-refractivity contribution in [1.82, 2.24) is 0 Å². The van der Waals surface area contributed by atoms with Gasteiger partial charge in [-0.15, -0.1) is 11.8 Å². The van der Waals surface area contributed by atoms with Gasteiger partial charge in [-0.1, -0.05) is 47.5 Å². The molecular formula is C17H17NOS. The van der Waals surface area contributed by atoms with E-state index in [1.165, 1.54) is 16.7 Å². The number of hydrogen-bond donors (Lipinski definition) is 0. The molecule has 0 bridgehead atoms. The molecule has 0 N–H and O–H groups in total. The molecule has 1 saturated heterocycles. The minimum Gasteiger partial charge on any atom is -0.295 e. The molecule has 1 aliphatic heterocycles. The molecule has 0 saturated carbocycles. The number of nitrogens with zero attached hydrogens (tertiary/aromatic N) is 1. The molecule has 0 spiro atoms. The number of aryl methyl sites for hydroxylation is 2. The highest BCUT2D eigenvalue weighted by molar-refractivity contribution is 8.00. The van der Waals surface area contributed by atoms with Gasteiger partial charge in [0, 0.05) is 5.69 Å². The van der Waals surface area contributed by atoms with Gasteiger partial charge in [-0.2, -0.15) is 0 Å². The Morgan fingerprint density at radius 1 is 0.950 bits per heavy atom. The molecule has 0 radical (unpaired) electrons. The van der Waals surface area contributed by atoms with E-state index < -0.39 is 0 Å². The van der Waals surface area contributed by atoms with Crippen LogP contribution in [0.4, 0.5) is 5.69 Å². The van der Waals surface area contributed by atoms with E-state index in [4.69, 9.17) is 0 Å². The molecule has 2 nitrogen and oxygen atoms in total. The molecule has 1 amide bonds. The van der Waals surface area contributed by atoms with Crippen LogP contribution in [0, 0.1) is 13.8 Å². The molecule has 1 fully saturated rings. The van der Waals surface area contributed by atoms with Crippen molar-refractivity contribution in [3.05, 3.63) is 65.2 Å². The summed E-state index contributed by atoms with van der Waals surface area (Å²) in [6, 6.07) is 16.6. The first-order chi connectivity index (χ1) is 9.65. The molecule has 1 heterocycles. The lowest BCUT2D eigenvalue weighted by atomic mass is 10.1. The predicted molar refractivity (Wildman–Crippen MR) is 85.0 cm³/mol. The number of thioether (sulfide) groups is 1. The minimum atomic E-state index is 0.0887. The van der Waals surface area contributed by atoms with Crippen LogP contribution in [0.15, 0.2) is 48.5 Å². The van der Waals surface area contributed by atoms with Gasteiger partial charge in [0.15, 0.2) is 0 Å². The molecule has 2 aromatic carbocycles. The van der Waals surface area contributed by atoms with Crippen molar-refractivity contribution in [3.8, 4) is 0 Å². The third-order valence-electron chi connectivity index (χ3n) is 3.54. The maximum atomic E-state index is 12.2. The van der Waals surface area contributed by atoms with E-state index in [9.17, 15) is 4.79 Å². The van der Waals surface area contributed by atoms with Crippen molar-refractivity contribution >= 4 is 23.4 Å². The summed E-state index contributed by atoms with van der Waals surface area (Å²) in [5.41, 5.74) is 4.62. The molecule has 3 rings (SSSR count). The van der Waals surface area contributed by atoms with Crippen LogP contribution in [0.25, 0.3) is 0 Å². The van der Waals surface area contributed by atoms with E-state index in [1.807, 2.05) is 17.0 Å². The largest absolute Gasteiger partial charge is 0.295 e. The normalized spacial score (nSPS) is 18.6. The fraction of sp³-hybridized carbons (Fsp3) is 0.235. The van der Waals surface area contributed by atoms with Crippen molar-refractivity contribution in [2.45, 2.75) is 19.2 Å². The molecule has 1 aliphatic rings. The first-order valence-electron chi connectivity index (χ1n) is 6.72. The first kappa shape index (κ1) is 13.3. The molecule has 1 unspecified atom stereocenters. The molecule has 1 atom stereocenters. The average molecular weight is 283 g/mol. The minimum absolute atomic E-state index is 0.0887. The maximum Gasteiger partial charge on any atom is 0.238 e. The van der Waals surface area contributed by atoms with Crippen LogP contribution in [0.5, 0.6) is 0 Å². The van der Waals surface area contributed by atoms with E-state index in [2.05, 4.69) is 50.2 Å². The molecular weight excluding hydrogens is 266 g/mol. The fourth-order valence-corrected chi connectivity index (χ4v) is 3.56. The molecule has 0 aliphatic carbocycles. The van der Waals surface area contributed by atoms with E-state index >= 15 is 0 Å². The van der Waals surface area contributed by atoms with Crippen molar-refractivity contribution in [2.75, 3.05) is 10.7 Å². The highest BCUT2D eigenvalue weighted by atomic mass is 32.2. The van der Waals surface area contributed by atoms with Crippen LogP contribution in [-0.4, -0.2) is 11.7 Å². The predicted octanol–water partition coefficient (Wildman–Crippen LogP) is 4.08. The van der Waals surface area contributed by atoms with Gasteiger partial charge in [0.1, 0.15) is 5.37 Å².